The topological polar surface area (TPSA) is 43.9 Å². The molecule has 0 unspecified atom stereocenters. The summed E-state index contributed by atoms with van der Waals surface area (Å²) in [4.78, 5) is 9.93. The van der Waals surface area contributed by atoms with Gasteiger partial charge in [-0.1, -0.05) is 173 Å². The van der Waals surface area contributed by atoms with E-state index >= 15 is 0 Å². The molecule has 0 fully saturated rings. The van der Waals surface area contributed by atoms with Gasteiger partial charge >= 0.3 is 0 Å². The molecule has 0 amide bonds. The molecule has 0 spiro atoms. The van der Waals surface area contributed by atoms with Crippen molar-refractivity contribution in [1.29, 1.82) is 0 Å². The second kappa shape index (κ2) is 17.9. The molecule has 1 radical (unpaired) electrons. The van der Waals surface area contributed by atoms with E-state index in [2.05, 4.69) is 192 Å². The van der Waals surface area contributed by atoms with E-state index in [4.69, 9.17) is 14.4 Å². The first-order valence-corrected chi connectivity index (χ1v) is 24.9. The molecule has 315 valence electrons. The number of aromatic nitrogens is 3. The number of aryl methyl sites for hydroxylation is 1. The number of imidazole rings is 1. The SMILES string of the molecule is Cc1c[c-]c(-c2cc(CC(C)(C)C)c([Si](C)(C)C)cn2)cc1.[Ir].[c-]1ccc2c(oc3ccccc32)c1-c1nc2ccccc2n1-c1cc(-c2ccccc2)ccc1-c1ccccc1. The maximum Gasteiger partial charge on any atom is 0.120 e. The zero-order chi connectivity index (χ0) is 43.0. The largest absolute Gasteiger partial charge is 0.501 e. The van der Waals surface area contributed by atoms with Crippen LogP contribution in [-0.2, 0) is 26.5 Å². The second-order valence-corrected chi connectivity index (χ2v) is 23.4. The van der Waals surface area contributed by atoms with Gasteiger partial charge in [0, 0.05) is 42.9 Å². The van der Waals surface area contributed by atoms with Crippen molar-refractivity contribution < 1.29 is 24.5 Å². The summed E-state index contributed by atoms with van der Waals surface area (Å²) in [5.74, 6) is 0.799. The molecule has 6 heteroatoms. The van der Waals surface area contributed by atoms with E-state index in [1.165, 1.54) is 21.9 Å². The number of hydrogen-bond donors (Lipinski definition) is 0. The third-order valence-corrected chi connectivity index (χ3v) is 13.4. The Morgan fingerprint density at radius 3 is 2.10 bits per heavy atom. The van der Waals surface area contributed by atoms with E-state index in [1.807, 2.05) is 42.5 Å². The minimum atomic E-state index is -1.38. The summed E-state index contributed by atoms with van der Waals surface area (Å²) in [6.45, 7) is 16.2. The third-order valence-electron chi connectivity index (χ3n) is 11.3. The van der Waals surface area contributed by atoms with E-state index in [-0.39, 0.29) is 25.5 Å². The second-order valence-electron chi connectivity index (χ2n) is 18.4. The van der Waals surface area contributed by atoms with Crippen LogP contribution in [0, 0.1) is 24.5 Å². The fourth-order valence-corrected chi connectivity index (χ4v) is 9.96. The zero-order valence-corrected chi connectivity index (χ0v) is 40.4. The van der Waals surface area contributed by atoms with Crippen LogP contribution >= 0.6 is 0 Å². The number of fused-ring (bicyclic) bond motifs is 4. The van der Waals surface area contributed by atoms with E-state index in [0.717, 1.165) is 84.4 Å². The smallest absolute Gasteiger partial charge is 0.120 e. The van der Waals surface area contributed by atoms with Crippen molar-refractivity contribution in [1.82, 2.24) is 14.5 Å². The normalized spacial score (nSPS) is 11.7. The quantitative estimate of drug-likeness (QED) is 0.118. The number of furan rings is 1. The van der Waals surface area contributed by atoms with Crippen LogP contribution in [0.2, 0.25) is 19.6 Å². The van der Waals surface area contributed by atoms with E-state index < -0.39 is 8.07 Å². The Hall–Kier alpha value is -6.17. The summed E-state index contributed by atoms with van der Waals surface area (Å²) in [7, 11) is -1.38. The molecule has 0 aliphatic heterocycles. The molecule has 3 heterocycles. The van der Waals surface area contributed by atoms with Crippen LogP contribution in [0.3, 0.4) is 0 Å². The molecule has 0 saturated carbocycles. The van der Waals surface area contributed by atoms with E-state index in [0.29, 0.717) is 0 Å². The molecule has 3 aromatic heterocycles. The summed E-state index contributed by atoms with van der Waals surface area (Å²) in [6.07, 6.45) is 3.21. The zero-order valence-electron chi connectivity index (χ0n) is 37.0. The number of nitrogens with zero attached hydrogens (tertiary/aromatic N) is 3. The minimum absolute atomic E-state index is 0. The molecule has 7 aromatic carbocycles. The average Bonchev–Trinajstić information content (AvgIpc) is 3.85. The van der Waals surface area contributed by atoms with Crippen molar-refractivity contribution in [3.63, 3.8) is 0 Å². The van der Waals surface area contributed by atoms with Crippen LogP contribution < -0.4 is 5.19 Å². The summed E-state index contributed by atoms with van der Waals surface area (Å²) in [5.41, 5.74) is 15.2. The van der Waals surface area contributed by atoms with Crippen LogP contribution in [0.5, 0.6) is 0 Å². The Bertz CT molecular complexity index is 3170. The first-order chi connectivity index (χ1) is 29.9. The van der Waals surface area contributed by atoms with Gasteiger partial charge in [-0.15, -0.1) is 53.6 Å². The Kier molecular flexibility index (Phi) is 12.4. The molecule has 10 aromatic rings. The van der Waals surface area contributed by atoms with Gasteiger partial charge in [-0.25, -0.2) is 0 Å². The van der Waals surface area contributed by atoms with E-state index in [1.54, 1.807) is 0 Å². The van der Waals surface area contributed by atoms with Crippen molar-refractivity contribution in [2.24, 2.45) is 5.41 Å². The number of pyridine rings is 1. The molecule has 0 N–H and O–H groups in total. The van der Waals surface area contributed by atoms with Gasteiger partial charge in [-0.3, -0.25) is 4.98 Å². The van der Waals surface area contributed by atoms with Crippen LogP contribution in [0.4, 0.5) is 0 Å². The van der Waals surface area contributed by atoms with Gasteiger partial charge in [0.2, 0.25) is 0 Å². The van der Waals surface area contributed by atoms with Crippen molar-refractivity contribution in [2.45, 2.75) is 53.8 Å². The molecular weight excluding hydrogens is 963 g/mol. The molecule has 0 aliphatic carbocycles. The standard InChI is InChI=1S/C37H23N2O.C20H28NSi.Ir/c1-3-12-25(13-4-1)27-22-23-28(26-14-5-2-6-15-26)34(24-27)39-33-20-9-8-19-32(33)38-37(39)31-18-11-17-30-29-16-7-10-21-35(29)40-36(30)31;1-15-8-10-16(11-9-15)18-12-17(13-20(2,3)4)19(14-21-18)22(5,6)7;/h1-17,19-24H;8-10,12,14H,13H2,1-7H3;/q2*-1;. The Labute approximate surface area is 386 Å². The molecule has 4 nitrogen and oxygen atoms in total. The van der Waals surface area contributed by atoms with Gasteiger partial charge in [-0.05, 0) is 63.7 Å². The predicted molar refractivity (Wildman–Crippen MR) is 263 cm³/mol. The predicted octanol–water partition coefficient (Wildman–Crippen LogP) is 14.7. The minimum Gasteiger partial charge on any atom is -0.501 e. The summed E-state index contributed by atoms with van der Waals surface area (Å²) < 4.78 is 8.71. The van der Waals surface area contributed by atoms with Crippen molar-refractivity contribution in [2.75, 3.05) is 0 Å². The van der Waals surface area contributed by atoms with Crippen LogP contribution in [0.1, 0.15) is 31.9 Å². The summed E-state index contributed by atoms with van der Waals surface area (Å²) in [6, 6.07) is 63.7. The number of hydrogen-bond acceptors (Lipinski definition) is 3. The molecule has 0 bridgehead atoms. The van der Waals surface area contributed by atoms with Crippen LogP contribution in [0.15, 0.2) is 174 Å². The van der Waals surface area contributed by atoms with Gasteiger partial charge in [0.05, 0.1) is 30.5 Å². The van der Waals surface area contributed by atoms with Crippen LogP contribution in [-0.4, -0.2) is 22.6 Å². The van der Waals surface area contributed by atoms with Gasteiger partial charge < -0.3 is 14.0 Å². The van der Waals surface area contributed by atoms with Crippen molar-refractivity contribution >= 4 is 46.2 Å². The number of para-hydroxylation sites is 3. The maximum atomic E-state index is 6.45. The van der Waals surface area contributed by atoms with Gasteiger partial charge in [0.25, 0.3) is 0 Å². The average molecular weight is 1010 g/mol. The molecule has 0 saturated heterocycles. The monoisotopic (exact) mass is 1010 g/mol. The van der Waals surface area contributed by atoms with Gasteiger partial charge in [0.15, 0.2) is 0 Å². The Morgan fingerprint density at radius 2 is 1.38 bits per heavy atom. The van der Waals surface area contributed by atoms with Gasteiger partial charge in [-0.2, -0.15) is 0 Å². The number of rotatable bonds is 7. The van der Waals surface area contributed by atoms with Crippen LogP contribution in [0.25, 0.3) is 83.6 Å². The fourth-order valence-electron chi connectivity index (χ4n) is 8.38. The maximum absolute atomic E-state index is 6.45. The first kappa shape index (κ1) is 43.5. The molecule has 0 atom stereocenters. The van der Waals surface area contributed by atoms with Gasteiger partial charge in [0.1, 0.15) is 5.58 Å². The molecule has 63 heavy (non-hydrogen) atoms. The van der Waals surface area contributed by atoms with E-state index in [9.17, 15) is 0 Å². The Morgan fingerprint density at radius 1 is 0.683 bits per heavy atom. The fraction of sp³-hybridized carbons (Fsp3) is 0.158. The molecular formula is C57H51IrN3OSi-2. The summed E-state index contributed by atoms with van der Waals surface area (Å²) in [5, 5.41) is 3.63. The number of benzene rings is 7. The molecule has 0 aliphatic rings. The third kappa shape index (κ3) is 9.17. The molecule has 10 rings (SSSR count). The summed E-state index contributed by atoms with van der Waals surface area (Å²) >= 11 is 0. The Balaban J connectivity index is 0.000000203. The first-order valence-electron chi connectivity index (χ1n) is 21.4. The van der Waals surface area contributed by atoms with Crippen molar-refractivity contribution in [3.05, 3.63) is 193 Å². The van der Waals surface area contributed by atoms with Crippen molar-refractivity contribution in [3.8, 4) is 50.6 Å².